The monoisotopic (exact) mass is 397 g/mol. The number of nitrogens with one attached hydrogen (secondary N) is 1. The van der Waals surface area contributed by atoms with Gasteiger partial charge in [-0.3, -0.25) is 4.79 Å². The molecule has 0 spiro atoms. The predicted molar refractivity (Wildman–Crippen MR) is 119 cm³/mol. The maximum absolute atomic E-state index is 12.5. The molecule has 0 aliphatic rings. The van der Waals surface area contributed by atoms with Crippen molar-refractivity contribution in [3.63, 3.8) is 0 Å². The maximum Gasteiger partial charge on any atom is 0.291 e. The number of furan rings is 1. The number of carbonyl (C=O) groups is 1. The van der Waals surface area contributed by atoms with Gasteiger partial charge in [0.2, 0.25) is 0 Å². The van der Waals surface area contributed by atoms with Crippen molar-refractivity contribution >= 4 is 11.6 Å². The van der Waals surface area contributed by atoms with Crippen LogP contribution in [0.4, 0.5) is 5.69 Å². The lowest BCUT2D eigenvalue weighted by molar-refractivity contribution is 0.0992. The van der Waals surface area contributed by atoms with Crippen molar-refractivity contribution in [2.75, 3.05) is 5.32 Å². The lowest BCUT2D eigenvalue weighted by Gasteiger charge is -2.07. The molecule has 0 atom stereocenters. The van der Waals surface area contributed by atoms with Crippen LogP contribution in [0.25, 0.3) is 11.1 Å². The standard InChI is InChI=1S/C26H23NO3/c1-18-14-19(2)16-24(15-18)29-17-23-12-13-25(30-23)26(28)27-22-10-8-21(9-11-22)20-6-4-3-5-7-20/h3-16H,17H2,1-2H3,(H,27,28). The molecule has 1 amide bonds. The molecule has 0 saturated heterocycles. The molecule has 0 unspecified atom stereocenters. The Hall–Kier alpha value is -3.79. The molecule has 30 heavy (non-hydrogen) atoms. The minimum Gasteiger partial charge on any atom is -0.486 e. The first-order chi connectivity index (χ1) is 14.6. The van der Waals surface area contributed by atoms with Gasteiger partial charge in [-0.15, -0.1) is 0 Å². The van der Waals surface area contributed by atoms with E-state index in [9.17, 15) is 4.79 Å². The van der Waals surface area contributed by atoms with E-state index in [4.69, 9.17) is 9.15 Å². The molecule has 1 aromatic heterocycles. The molecule has 4 rings (SSSR count). The first-order valence-electron chi connectivity index (χ1n) is 9.83. The zero-order chi connectivity index (χ0) is 20.9. The Morgan fingerprint density at radius 1 is 0.833 bits per heavy atom. The van der Waals surface area contributed by atoms with Gasteiger partial charge in [-0.2, -0.15) is 0 Å². The fourth-order valence-corrected chi connectivity index (χ4v) is 3.32. The molecule has 0 aliphatic carbocycles. The first-order valence-corrected chi connectivity index (χ1v) is 9.83. The number of rotatable bonds is 6. The summed E-state index contributed by atoms with van der Waals surface area (Å²) < 4.78 is 11.5. The second kappa shape index (κ2) is 8.70. The zero-order valence-corrected chi connectivity index (χ0v) is 17.0. The van der Waals surface area contributed by atoms with E-state index in [0.29, 0.717) is 11.4 Å². The van der Waals surface area contributed by atoms with E-state index in [1.54, 1.807) is 12.1 Å². The molecule has 0 aliphatic heterocycles. The Labute approximate surface area is 176 Å². The largest absolute Gasteiger partial charge is 0.486 e. The number of amides is 1. The molecule has 4 aromatic rings. The van der Waals surface area contributed by atoms with Gasteiger partial charge in [0.25, 0.3) is 5.91 Å². The van der Waals surface area contributed by atoms with Crippen LogP contribution in [0.15, 0.2) is 89.3 Å². The first kappa shape index (κ1) is 19.5. The second-order valence-electron chi connectivity index (χ2n) is 7.28. The Bertz CT molecular complexity index is 1120. The SMILES string of the molecule is Cc1cc(C)cc(OCc2ccc(C(=O)Nc3ccc(-c4ccccc4)cc3)o2)c1. The highest BCUT2D eigenvalue weighted by molar-refractivity contribution is 6.02. The van der Waals surface area contributed by atoms with Crippen LogP contribution >= 0.6 is 0 Å². The molecule has 1 N–H and O–H groups in total. The Kier molecular flexibility index (Phi) is 5.66. The molecule has 3 aromatic carbocycles. The van der Waals surface area contributed by atoms with Gasteiger partial charge in [-0.1, -0.05) is 48.5 Å². The highest BCUT2D eigenvalue weighted by atomic mass is 16.5. The van der Waals surface area contributed by atoms with E-state index in [2.05, 4.69) is 23.5 Å². The summed E-state index contributed by atoms with van der Waals surface area (Å²) in [5.41, 5.74) is 5.22. The van der Waals surface area contributed by atoms with Crippen LogP contribution in [-0.2, 0) is 6.61 Å². The fraction of sp³-hybridized carbons (Fsp3) is 0.115. The van der Waals surface area contributed by atoms with Gasteiger partial charge in [0, 0.05) is 5.69 Å². The average molecular weight is 397 g/mol. The van der Waals surface area contributed by atoms with Gasteiger partial charge >= 0.3 is 0 Å². The summed E-state index contributed by atoms with van der Waals surface area (Å²) in [5, 5.41) is 2.87. The lowest BCUT2D eigenvalue weighted by atomic mass is 10.1. The number of aryl methyl sites for hydroxylation is 2. The van der Waals surface area contributed by atoms with Crippen LogP contribution in [-0.4, -0.2) is 5.91 Å². The summed E-state index contributed by atoms with van der Waals surface area (Å²) in [6.07, 6.45) is 0. The number of ether oxygens (including phenoxy) is 1. The fourth-order valence-electron chi connectivity index (χ4n) is 3.32. The highest BCUT2D eigenvalue weighted by Gasteiger charge is 2.12. The summed E-state index contributed by atoms with van der Waals surface area (Å²) in [6, 6.07) is 27.3. The van der Waals surface area contributed by atoms with E-state index in [1.165, 1.54) is 0 Å². The average Bonchev–Trinajstić information content (AvgIpc) is 3.22. The predicted octanol–water partition coefficient (Wildman–Crippen LogP) is 6.39. The van der Waals surface area contributed by atoms with Crippen LogP contribution in [0.3, 0.4) is 0 Å². The molecular formula is C26H23NO3. The minimum absolute atomic E-state index is 0.251. The number of benzene rings is 3. The molecule has 0 bridgehead atoms. The Balaban J connectivity index is 1.37. The number of hydrogen-bond acceptors (Lipinski definition) is 3. The van der Waals surface area contributed by atoms with Gasteiger partial charge in [-0.05, 0) is 72.5 Å². The van der Waals surface area contributed by atoms with Crippen molar-refractivity contribution in [1.29, 1.82) is 0 Å². The molecule has 0 radical (unpaired) electrons. The van der Waals surface area contributed by atoms with E-state index in [0.717, 1.165) is 28.0 Å². The Morgan fingerprint density at radius 2 is 1.50 bits per heavy atom. The van der Waals surface area contributed by atoms with E-state index >= 15 is 0 Å². The van der Waals surface area contributed by atoms with Gasteiger partial charge < -0.3 is 14.5 Å². The number of hydrogen-bond donors (Lipinski definition) is 1. The molecule has 0 saturated carbocycles. The molecule has 4 heteroatoms. The molecule has 1 heterocycles. The van der Waals surface area contributed by atoms with Crippen LogP contribution in [0.1, 0.15) is 27.4 Å². The third-order valence-electron chi connectivity index (χ3n) is 4.71. The third-order valence-corrected chi connectivity index (χ3v) is 4.71. The van der Waals surface area contributed by atoms with Crippen molar-refractivity contribution < 1.29 is 13.9 Å². The third kappa shape index (κ3) is 4.78. The number of anilines is 1. The summed E-state index contributed by atoms with van der Waals surface area (Å²) >= 11 is 0. The molecule has 0 fully saturated rings. The summed E-state index contributed by atoms with van der Waals surface area (Å²) in [5.74, 6) is 1.34. The second-order valence-corrected chi connectivity index (χ2v) is 7.28. The van der Waals surface area contributed by atoms with E-state index in [1.807, 2.05) is 68.4 Å². The summed E-state index contributed by atoms with van der Waals surface area (Å²) in [4.78, 5) is 12.5. The van der Waals surface area contributed by atoms with E-state index < -0.39 is 0 Å². The van der Waals surface area contributed by atoms with Crippen molar-refractivity contribution in [1.82, 2.24) is 0 Å². The topological polar surface area (TPSA) is 51.5 Å². The van der Waals surface area contributed by atoms with Gasteiger partial charge in [0.1, 0.15) is 18.1 Å². The molecular weight excluding hydrogens is 374 g/mol. The quantitative estimate of drug-likeness (QED) is 0.410. The van der Waals surface area contributed by atoms with Crippen LogP contribution < -0.4 is 10.1 Å². The Morgan fingerprint density at radius 3 is 2.20 bits per heavy atom. The zero-order valence-electron chi connectivity index (χ0n) is 17.0. The van der Waals surface area contributed by atoms with Crippen molar-refractivity contribution in [2.24, 2.45) is 0 Å². The molecule has 150 valence electrons. The van der Waals surface area contributed by atoms with Gasteiger partial charge in [0.15, 0.2) is 5.76 Å². The van der Waals surface area contributed by atoms with Crippen molar-refractivity contribution in [2.45, 2.75) is 20.5 Å². The minimum atomic E-state index is -0.292. The summed E-state index contributed by atoms with van der Waals surface area (Å²) in [7, 11) is 0. The van der Waals surface area contributed by atoms with Crippen molar-refractivity contribution in [3.05, 3.63) is 108 Å². The van der Waals surface area contributed by atoms with Crippen LogP contribution in [0.2, 0.25) is 0 Å². The van der Waals surface area contributed by atoms with Gasteiger partial charge in [0.05, 0.1) is 0 Å². The molecule has 4 nitrogen and oxygen atoms in total. The van der Waals surface area contributed by atoms with Gasteiger partial charge in [-0.25, -0.2) is 0 Å². The van der Waals surface area contributed by atoms with Crippen LogP contribution in [0.5, 0.6) is 5.75 Å². The normalized spacial score (nSPS) is 10.6. The highest BCUT2D eigenvalue weighted by Crippen LogP contribution is 2.22. The van der Waals surface area contributed by atoms with E-state index in [-0.39, 0.29) is 18.3 Å². The smallest absolute Gasteiger partial charge is 0.291 e. The maximum atomic E-state index is 12.5. The lowest BCUT2D eigenvalue weighted by Crippen LogP contribution is -2.10. The summed E-state index contributed by atoms with van der Waals surface area (Å²) in [6.45, 7) is 4.32. The van der Waals surface area contributed by atoms with Crippen molar-refractivity contribution in [3.8, 4) is 16.9 Å². The number of carbonyl (C=O) groups excluding carboxylic acids is 1. The van der Waals surface area contributed by atoms with Crippen LogP contribution in [0, 0.1) is 13.8 Å².